The highest BCUT2D eigenvalue weighted by molar-refractivity contribution is 6.65. The van der Waals surface area contributed by atoms with Gasteiger partial charge < -0.3 is 15.0 Å². The second-order valence-corrected chi connectivity index (χ2v) is 6.23. The molecule has 1 aromatic carbocycles. The highest BCUT2D eigenvalue weighted by atomic mass is 16.7. The molecular formula is C15H19BN2O2. The van der Waals surface area contributed by atoms with Crippen LogP contribution in [0.15, 0.2) is 30.5 Å². The van der Waals surface area contributed by atoms with Crippen LogP contribution < -0.4 is 11.2 Å². The van der Waals surface area contributed by atoms with Gasteiger partial charge in [-0.05, 0) is 33.1 Å². The number of pyridine rings is 1. The Bertz CT molecular complexity index is 654. The molecule has 0 unspecified atom stereocenters. The van der Waals surface area contributed by atoms with Gasteiger partial charge in [-0.3, -0.25) is 0 Å². The number of aromatic nitrogens is 1. The molecule has 2 aromatic rings. The zero-order valence-corrected chi connectivity index (χ0v) is 12.3. The summed E-state index contributed by atoms with van der Waals surface area (Å²) in [5.41, 5.74) is 6.14. The quantitative estimate of drug-likeness (QED) is 0.806. The van der Waals surface area contributed by atoms with E-state index >= 15 is 0 Å². The first-order valence-corrected chi connectivity index (χ1v) is 6.80. The number of rotatable bonds is 1. The van der Waals surface area contributed by atoms with Crippen molar-refractivity contribution in [3.05, 3.63) is 30.5 Å². The zero-order chi connectivity index (χ0) is 14.5. The second kappa shape index (κ2) is 4.20. The van der Waals surface area contributed by atoms with Crippen molar-refractivity contribution in [2.24, 2.45) is 0 Å². The predicted octanol–water partition coefficient (Wildman–Crippen LogP) is 2.12. The lowest BCUT2D eigenvalue weighted by Crippen LogP contribution is -2.41. The first-order valence-electron chi connectivity index (χ1n) is 6.80. The third kappa shape index (κ3) is 1.89. The Morgan fingerprint density at radius 2 is 1.55 bits per heavy atom. The molecule has 0 spiro atoms. The molecule has 104 valence electrons. The molecule has 20 heavy (non-hydrogen) atoms. The van der Waals surface area contributed by atoms with Crippen molar-refractivity contribution >= 4 is 29.2 Å². The fourth-order valence-corrected chi connectivity index (χ4v) is 2.39. The van der Waals surface area contributed by atoms with Gasteiger partial charge in [0.1, 0.15) is 5.82 Å². The number of hydrogen-bond acceptors (Lipinski definition) is 4. The summed E-state index contributed by atoms with van der Waals surface area (Å²) in [6.45, 7) is 8.17. The van der Waals surface area contributed by atoms with Gasteiger partial charge in [0, 0.05) is 17.0 Å². The van der Waals surface area contributed by atoms with Gasteiger partial charge in [-0.25, -0.2) is 4.98 Å². The van der Waals surface area contributed by atoms with Crippen molar-refractivity contribution in [2.75, 3.05) is 5.73 Å². The van der Waals surface area contributed by atoms with E-state index in [-0.39, 0.29) is 11.2 Å². The molecular weight excluding hydrogens is 251 g/mol. The minimum Gasteiger partial charge on any atom is -0.399 e. The average molecular weight is 270 g/mol. The van der Waals surface area contributed by atoms with E-state index in [1.165, 1.54) is 0 Å². The van der Waals surface area contributed by atoms with Crippen LogP contribution in [-0.4, -0.2) is 23.3 Å². The van der Waals surface area contributed by atoms with Crippen LogP contribution in [0.5, 0.6) is 0 Å². The van der Waals surface area contributed by atoms with Crippen molar-refractivity contribution in [1.29, 1.82) is 0 Å². The van der Waals surface area contributed by atoms with Crippen LogP contribution in [0.2, 0.25) is 0 Å². The van der Waals surface area contributed by atoms with E-state index in [1.807, 2.05) is 52.0 Å². The summed E-state index contributed by atoms with van der Waals surface area (Å²) in [7, 11) is -0.419. The van der Waals surface area contributed by atoms with Crippen LogP contribution in [0, 0.1) is 0 Å². The molecule has 5 heteroatoms. The van der Waals surface area contributed by atoms with Crippen LogP contribution >= 0.6 is 0 Å². The van der Waals surface area contributed by atoms with E-state index in [0.717, 1.165) is 16.2 Å². The molecule has 0 bridgehead atoms. The Hall–Kier alpha value is -1.59. The SMILES string of the molecule is CC1(C)OB(c2cnc(N)c3ccccc23)OC1(C)C. The lowest BCUT2D eigenvalue weighted by molar-refractivity contribution is 0.00578. The van der Waals surface area contributed by atoms with E-state index in [4.69, 9.17) is 15.0 Å². The molecule has 0 amide bonds. The highest BCUT2D eigenvalue weighted by Crippen LogP contribution is 2.37. The molecule has 3 rings (SSSR count). The van der Waals surface area contributed by atoms with E-state index in [2.05, 4.69) is 4.98 Å². The Morgan fingerprint density at radius 1 is 1.00 bits per heavy atom. The van der Waals surface area contributed by atoms with Gasteiger partial charge in [-0.2, -0.15) is 0 Å². The number of nitrogens with two attached hydrogens (primary N) is 1. The maximum absolute atomic E-state index is 6.10. The summed E-state index contributed by atoms with van der Waals surface area (Å²) in [5.74, 6) is 0.529. The van der Waals surface area contributed by atoms with Gasteiger partial charge in [0.15, 0.2) is 0 Å². The molecule has 2 heterocycles. The number of anilines is 1. The Labute approximate surface area is 119 Å². The van der Waals surface area contributed by atoms with Crippen molar-refractivity contribution in [2.45, 2.75) is 38.9 Å². The number of nitrogen functional groups attached to an aromatic ring is 1. The Balaban J connectivity index is 2.11. The largest absolute Gasteiger partial charge is 0.497 e. The van der Waals surface area contributed by atoms with Crippen molar-refractivity contribution < 1.29 is 9.31 Å². The predicted molar refractivity (Wildman–Crippen MR) is 81.9 cm³/mol. The third-order valence-corrected chi connectivity index (χ3v) is 4.36. The highest BCUT2D eigenvalue weighted by Gasteiger charge is 2.52. The minimum atomic E-state index is -0.419. The average Bonchev–Trinajstić information content (AvgIpc) is 2.59. The summed E-state index contributed by atoms with van der Waals surface area (Å²) in [6, 6.07) is 7.92. The molecule has 1 fully saturated rings. The molecule has 4 nitrogen and oxygen atoms in total. The number of benzene rings is 1. The third-order valence-electron chi connectivity index (χ3n) is 4.36. The fourth-order valence-electron chi connectivity index (χ4n) is 2.39. The molecule has 1 aromatic heterocycles. The molecule has 1 aliphatic rings. The summed E-state index contributed by atoms with van der Waals surface area (Å²) in [5, 5.41) is 1.96. The summed E-state index contributed by atoms with van der Waals surface area (Å²) >= 11 is 0. The molecule has 1 saturated heterocycles. The van der Waals surface area contributed by atoms with Gasteiger partial charge in [0.2, 0.25) is 0 Å². The van der Waals surface area contributed by atoms with Gasteiger partial charge in [0.05, 0.1) is 11.2 Å². The molecule has 0 aliphatic carbocycles. The second-order valence-electron chi connectivity index (χ2n) is 6.23. The number of hydrogen-bond donors (Lipinski definition) is 1. The van der Waals surface area contributed by atoms with E-state index < -0.39 is 7.12 Å². The molecule has 2 N–H and O–H groups in total. The maximum Gasteiger partial charge on any atom is 0.497 e. The normalized spacial score (nSPS) is 20.5. The number of nitrogens with zero attached hydrogens (tertiary/aromatic N) is 1. The Morgan fingerprint density at radius 3 is 2.15 bits per heavy atom. The molecule has 0 saturated carbocycles. The lowest BCUT2D eigenvalue weighted by atomic mass is 9.77. The van der Waals surface area contributed by atoms with Crippen LogP contribution in [0.3, 0.4) is 0 Å². The summed E-state index contributed by atoms with van der Waals surface area (Å²) < 4.78 is 12.2. The van der Waals surface area contributed by atoms with Crippen LogP contribution in [-0.2, 0) is 9.31 Å². The summed E-state index contributed by atoms with van der Waals surface area (Å²) in [4.78, 5) is 4.27. The molecule has 1 aliphatic heterocycles. The van der Waals surface area contributed by atoms with Gasteiger partial charge in [-0.1, -0.05) is 24.3 Å². The maximum atomic E-state index is 6.10. The zero-order valence-electron chi connectivity index (χ0n) is 12.3. The summed E-state index contributed by atoms with van der Waals surface area (Å²) in [6.07, 6.45) is 1.75. The minimum absolute atomic E-state index is 0.361. The monoisotopic (exact) mass is 270 g/mol. The van der Waals surface area contributed by atoms with E-state index in [9.17, 15) is 0 Å². The van der Waals surface area contributed by atoms with E-state index in [1.54, 1.807) is 6.20 Å². The smallest absolute Gasteiger partial charge is 0.399 e. The van der Waals surface area contributed by atoms with Crippen molar-refractivity contribution in [3.8, 4) is 0 Å². The van der Waals surface area contributed by atoms with Gasteiger partial charge >= 0.3 is 7.12 Å². The first kappa shape index (κ1) is 13.4. The van der Waals surface area contributed by atoms with Crippen LogP contribution in [0.4, 0.5) is 5.82 Å². The van der Waals surface area contributed by atoms with Crippen molar-refractivity contribution in [1.82, 2.24) is 4.98 Å². The van der Waals surface area contributed by atoms with Crippen molar-refractivity contribution in [3.63, 3.8) is 0 Å². The fraction of sp³-hybridized carbons (Fsp3) is 0.400. The molecule has 0 radical (unpaired) electrons. The topological polar surface area (TPSA) is 57.4 Å². The first-order chi connectivity index (χ1) is 9.32. The molecule has 0 atom stereocenters. The standard InChI is InChI=1S/C15H19BN2O2/c1-14(2)15(3,4)20-16(19-14)12-9-18-13(17)11-8-6-5-7-10(11)12/h5-9H,1-4H3,(H2,17,18). The van der Waals surface area contributed by atoms with E-state index in [0.29, 0.717) is 5.82 Å². The Kier molecular flexibility index (Phi) is 2.82. The van der Waals surface area contributed by atoms with Gasteiger partial charge in [0.25, 0.3) is 0 Å². The lowest BCUT2D eigenvalue weighted by Gasteiger charge is -2.32. The van der Waals surface area contributed by atoms with Crippen LogP contribution in [0.25, 0.3) is 10.8 Å². The van der Waals surface area contributed by atoms with Crippen LogP contribution in [0.1, 0.15) is 27.7 Å². The number of fused-ring (bicyclic) bond motifs is 1. The van der Waals surface area contributed by atoms with Gasteiger partial charge in [-0.15, -0.1) is 0 Å².